The van der Waals surface area contributed by atoms with Gasteiger partial charge in [0.15, 0.2) is 0 Å². The van der Waals surface area contributed by atoms with Crippen LogP contribution in [0.3, 0.4) is 0 Å². The molecule has 0 unspecified atom stereocenters. The fraction of sp³-hybridized carbons (Fsp3) is 0. The van der Waals surface area contributed by atoms with Crippen molar-refractivity contribution in [3.05, 3.63) is 207 Å². The van der Waals surface area contributed by atoms with Gasteiger partial charge in [-0.1, -0.05) is 97.1 Å². The fourth-order valence-corrected chi connectivity index (χ4v) is 9.45. The third-order valence-corrected chi connectivity index (χ3v) is 12.2. The largest absolute Gasteiger partial charge is 0.416 e. The fourth-order valence-electron chi connectivity index (χ4n) is 9.45. The predicted octanol–water partition coefficient (Wildman–Crippen LogP) is 13.5. The molecule has 0 aliphatic rings. The summed E-state index contributed by atoms with van der Waals surface area (Å²) in [7, 11) is 0. The zero-order chi connectivity index (χ0) is 40.0. The first-order valence-corrected chi connectivity index (χ1v) is 20.5. The topological polar surface area (TPSA) is 58.6 Å². The quantitative estimate of drug-likeness (QED) is 0.169. The lowest BCUT2D eigenvalue weighted by molar-refractivity contribution is 0.584. The van der Waals surface area contributed by atoms with Crippen LogP contribution in [0.5, 0.6) is 0 Å². The molecular formula is C54H34N6O. The van der Waals surface area contributed by atoms with E-state index in [1.807, 2.05) is 0 Å². The highest BCUT2D eigenvalue weighted by Gasteiger charge is 2.20. The Morgan fingerprint density at radius 3 is 1.16 bits per heavy atom. The molecule has 5 aromatic heterocycles. The molecule has 0 bridgehead atoms. The number of para-hydroxylation sites is 4. The highest BCUT2D eigenvalue weighted by atomic mass is 16.4. The van der Waals surface area contributed by atoms with Gasteiger partial charge in [0.2, 0.25) is 11.8 Å². The van der Waals surface area contributed by atoms with E-state index < -0.39 is 0 Å². The van der Waals surface area contributed by atoms with Crippen molar-refractivity contribution in [3.63, 3.8) is 0 Å². The van der Waals surface area contributed by atoms with Gasteiger partial charge in [-0.15, -0.1) is 10.2 Å². The maximum absolute atomic E-state index is 6.38. The number of fused-ring (bicyclic) bond motifs is 10. The number of benzene rings is 8. The van der Waals surface area contributed by atoms with Crippen LogP contribution < -0.4 is 0 Å². The average molecular weight is 783 g/mol. The molecule has 0 aliphatic carbocycles. The summed E-state index contributed by atoms with van der Waals surface area (Å²) in [5, 5.41) is 16.3. The molecule has 0 saturated heterocycles. The van der Waals surface area contributed by atoms with Crippen LogP contribution >= 0.6 is 0 Å². The van der Waals surface area contributed by atoms with Gasteiger partial charge in [0.1, 0.15) is 0 Å². The van der Waals surface area contributed by atoms with Gasteiger partial charge in [-0.3, -0.25) is 0 Å². The summed E-state index contributed by atoms with van der Waals surface area (Å²) in [4.78, 5) is 0. The Morgan fingerprint density at radius 2 is 0.721 bits per heavy atom. The molecule has 5 heterocycles. The summed E-state index contributed by atoms with van der Waals surface area (Å²) >= 11 is 0. The molecule has 0 amide bonds. The minimum absolute atomic E-state index is 0.472. The molecule has 13 rings (SSSR count). The number of aromatic nitrogens is 6. The molecular weight excluding hydrogens is 749 g/mol. The first-order valence-electron chi connectivity index (χ1n) is 20.5. The number of nitrogens with zero attached hydrogens (tertiary/aromatic N) is 6. The van der Waals surface area contributed by atoms with Crippen LogP contribution in [0.2, 0.25) is 0 Å². The second-order valence-corrected chi connectivity index (χ2v) is 15.6. The normalized spacial score (nSPS) is 11.9. The summed E-state index contributed by atoms with van der Waals surface area (Å²) in [6, 6.07) is 68.5. The Bertz CT molecular complexity index is 3540. The van der Waals surface area contributed by atoms with E-state index in [-0.39, 0.29) is 0 Å². The second kappa shape index (κ2) is 13.0. The number of hydrogen-bond acceptors (Lipinski definition) is 3. The van der Waals surface area contributed by atoms with E-state index in [0.717, 1.165) is 44.9 Å². The lowest BCUT2D eigenvalue weighted by Crippen LogP contribution is -1.98. The maximum atomic E-state index is 6.38. The van der Waals surface area contributed by atoms with E-state index in [0.29, 0.717) is 11.8 Å². The van der Waals surface area contributed by atoms with Crippen molar-refractivity contribution >= 4 is 65.4 Å². The van der Waals surface area contributed by atoms with Gasteiger partial charge in [-0.05, 0) is 97.1 Å². The van der Waals surface area contributed by atoms with Gasteiger partial charge in [-0.2, -0.15) is 0 Å². The third kappa shape index (κ3) is 5.04. The lowest BCUT2D eigenvalue weighted by Gasteiger charge is -2.12. The molecule has 0 fully saturated rings. The summed E-state index contributed by atoms with van der Waals surface area (Å²) in [5.74, 6) is 0.944. The summed E-state index contributed by atoms with van der Waals surface area (Å²) in [6.07, 6.45) is 4.33. The highest BCUT2D eigenvalue weighted by molar-refractivity contribution is 6.19. The molecule has 0 radical (unpaired) electrons. The van der Waals surface area contributed by atoms with Crippen molar-refractivity contribution in [2.75, 3.05) is 0 Å². The highest BCUT2D eigenvalue weighted by Crippen LogP contribution is 2.40. The predicted molar refractivity (Wildman–Crippen MR) is 248 cm³/mol. The van der Waals surface area contributed by atoms with Gasteiger partial charge in [0, 0.05) is 78.6 Å². The van der Waals surface area contributed by atoms with Crippen LogP contribution in [0, 0.1) is 0 Å². The van der Waals surface area contributed by atoms with Crippen LogP contribution in [0.4, 0.5) is 0 Å². The van der Waals surface area contributed by atoms with E-state index in [2.05, 4.69) is 235 Å². The van der Waals surface area contributed by atoms with Crippen molar-refractivity contribution in [2.24, 2.45) is 0 Å². The first-order chi connectivity index (χ1) is 30.3. The molecule has 0 aliphatic heterocycles. The molecule has 61 heavy (non-hydrogen) atoms. The Balaban J connectivity index is 0.875. The van der Waals surface area contributed by atoms with Crippen LogP contribution in [0.15, 0.2) is 211 Å². The first kappa shape index (κ1) is 33.5. The van der Waals surface area contributed by atoms with Crippen LogP contribution in [0.25, 0.3) is 111 Å². The van der Waals surface area contributed by atoms with E-state index in [1.165, 1.54) is 54.4 Å². The third-order valence-electron chi connectivity index (χ3n) is 12.2. The summed E-state index contributed by atoms with van der Waals surface area (Å²) in [6.45, 7) is 0. The molecule has 286 valence electrons. The van der Waals surface area contributed by atoms with Gasteiger partial charge in [0.05, 0.1) is 33.1 Å². The molecule has 0 atom stereocenters. The van der Waals surface area contributed by atoms with Crippen LogP contribution in [-0.2, 0) is 0 Å². The molecule has 7 heteroatoms. The second-order valence-electron chi connectivity index (χ2n) is 15.6. The van der Waals surface area contributed by atoms with Gasteiger partial charge >= 0.3 is 0 Å². The maximum Gasteiger partial charge on any atom is 0.248 e. The van der Waals surface area contributed by atoms with Crippen molar-refractivity contribution in [1.29, 1.82) is 0 Å². The Morgan fingerprint density at radius 1 is 0.311 bits per heavy atom. The Kier molecular flexibility index (Phi) is 7.17. The molecule has 7 nitrogen and oxygen atoms in total. The molecule has 0 N–H and O–H groups in total. The minimum atomic E-state index is 0.472. The van der Waals surface area contributed by atoms with Crippen LogP contribution in [0.1, 0.15) is 0 Å². The standard InChI is InChI=1S/C54H34N6O/c1-3-11-39(12-4-1)57-33-31-35-23-29-45-43-15-7-9-17-47(43)59(51(45)49(35)57)41-25-19-37(20-26-41)53-55-56-54(61-53)38-21-27-42(28-22-38)60-48-18-10-8-16-44(48)46-30-24-36-32-34-58(50(36)52(46)60)40-13-5-2-6-14-40/h1-34H. The van der Waals surface area contributed by atoms with E-state index in [4.69, 9.17) is 4.42 Å². The molecule has 8 aromatic carbocycles. The van der Waals surface area contributed by atoms with Crippen LogP contribution in [-0.4, -0.2) is 28.5 Å². The van der Waals surface area contributed by atoms with Crippen molar-refractivity contribution in [2.45, 2.75) is 0 Å². The SMILES string of the molecule is c1ccc(-n2ccc3ccc4c5ccccc5n(-c5ccc(-c6nnc(-c7ccc(-n8c9ccccc9c9ccc%10ccn(-c%11ccccc%11)c%10c98)cc7)o6)cc5)c4c32)cc1. The monoisotopic (exact) mass is 782 g/mol. The van der Waals surface area contributed by atoms with E-state index in [9.17, 15) is 0 Å². The van der Waals surface area contributed by atoms with E-state index in [1.54, 1.807) is 0 Å². The van der Waals surface area contributed by atoms with Gasteiger partial charge in [0.25, 0.3) is 0 Å². The minimum Gasteiger partial charge on any atom is -0.416 e. The van der Waals surface area contributed by atoms with Crippen molar-refractivity contribution in [1.82, 2.24) is 28.5 Å². The van der Waals surface area contributed by atoms with Crippen molar-refractivity contribution in [3.8, 4) is 45.7 Å². The zero-order valence-corrected chi connectivity index (χ0v) is 32.7. The Labute approximate surface area is 349 Å². The van der Waals surface area contributed by atoms with Crippen molar-refractivity contribution < 1.29 is 4.42 Å². The van der Waals surface area contributed by atoms with Gasteiger partial charge in [-0.25, -0.2) is 0 Å². The number of hydrogen-bond donors (Lipinski definition) is 0. The molecule has 0 spiro atoms. The number of rotatable bonds is 6. The molecule has 0 saturated carbocycles. The lowest BCUT2D eigenvalue weighted by atomic mass is 10.1. The Hall–Kier alpha value is -8.42. The van der Waals surface area contributed by atoms with E-state index >= 15 is 0 Å². The smallest absolute Gasteiger partial charge is 0.248 e. The molecule has 13 aromatic rings. The average Bonchev–Trinajstić information content (AvgIpc) is 4.18. The summed E-state index contributed by atoms with van der Waals surface area (Å²) < 4.78 is 15.7. The zero-order valence-electron chi connectivity index (χ0n) is 32.7. The summed E-state index contributed by atoms with van der Waals surface area (Å²) in [5.41, 5.74) is 13.0. The van der Waals surface area contributed by atoms with Gasteiger partial charge < -0.3 is 22.7 Å².